The van der Waals surface area contributed by atoms with Gasteiger partial charge in [0, 0.05) is 32.9 Å². The molecule has 1 aliphatic heterocycles. The van der Waals surface area contributed by atoms with E-state index in [9.17, 15) is 0 Å². The van der Waals surface area contributed by atoms with Crippen LogP contribution in [0.3, 0.4) is 0 Å². The molecule has 5 atom stereocenters. The fourth-order valence-corrected chi connectivity index (χ4v) is 2.82. The molecular formula is C13H25NO3. The van der Waals surface area contributed by atoms with Crippen molar-refractivity contribution in [2.75, 3.05) is 26.9 Å². The van der Waals surface area contributed by atoms with Crippen molar-refractivity contribution in [1.82, 2.24) is 5.32 Å². The lowest BCUT2D eigenvalue weighted by Gasteiger charge is -2.44. The minimum atomic E-state index is 0.215. The van der Waals surface area contributed by atoms with Gasteiger partial charge >= 0.3 is 0 Å². The van der Waals surface area contributed by atoms with Gasteiger partial charge in [0.25, 0.3) is 0 Å². The normalized spacial score (nSPS) is 41.5. The molecule has 0 aromatic rings. The Bertz CT molecular complexity index is 237. The molecule has 1 saturated carbocycles. The molecule has 0 bridgehead atoms. The molecule has 100 valence electrons. The van der Waals surface area contributed by atoms with Crippen LogP contribution in [-0.4, -0.2) is 51.2 Å². The molecule has 1 N–H and O–H groups in total. The molecule has 1 aliphatic carbocycles. The Morgan fingerprint density at radius 2 is 2.24 bits per heavy atom. The summed E-state index contributed by atoms with van der Waals surface area (Å²) in [6.45, 7) is 6.91. The Kier molecular flexibility index (Phi) is 4.79. The minimum Gasteiger partial charge on any atom is -0.378 e. The summed E-state index contributed by atoms with van der Waals surface area (Å²) >= 11 is 0. The highest BCUT2D eigenvalue weighted by atomic mass is 16.5. The van der Waals surface area contributed by atoms with Crippen LogP contribution in [0.25, 0.3) is 0 Å². The van der Waals surface area contributed by atoms with Crippen LogP contribution in [0.5, 0.6) is 0 Å². The standard InChI is InChI=1S/C13H25NO3/c1-4-16-12-7-11(13(12)15-3)14-8-10-5-6-17-9(10)2/h9-14H,4-8H2,1-3H3. The molecule has 2 fully saturated rings. The third-order valence-electron chi connectivity index (χ3n) is 4.08. The zero-order chi connectivity index (χ0) is 12.3. The summed E-state index contributed by atoms with van der Waals surface area (Å²) in [5.41, 5.74) is 0. The summed E-state index contributed by atoms with van der Waals surface area (Å²) in [5.74, 6) is 0.652. The first kappa shape index (κ1) is 13.3. The zero-order valence-electron chi connectivity index (χ0n) is 11.1. The fourth-order valence-electron chi connectivity index (χ4n) is 2.82. The Hall–Kier alpha value is -0.160. The third kappa shape index (κ3) is 2.99. The largest absolute Gasteiger partial charge is 0.378 e. The van der Waals surface area contributed by atoms with E-state index < -0.39 is 0 Å². The molecule has 4 nitrogen and oxygen atoms in total. The minimum absolute atomic E-state index is 0.215. The Morgan fingerprint density at radius 3 is 2.82 bits per heavy atom. The lowest BCUT2D eigenvalue weighted by atomic mass is 9.84. The second-order valence-electron chi connectivity index (χ2n) is 5.07. The summed E-state index contributed by atoms with van der Waals surface area (Å²) in [4.78, 5) is 0. The molecule has 0 aromatic heterocycles. The van der Waals surface area contributed by atoms with Crippen LogP contribution < -0.4 is 5.32 Å². The SMILES string of the molecule is CCOC1CC(NCC2CCOC2C)C1OC. The van der Waals surface area contributed by atoms with E-state index in [2.05, 4.69) is 12.2 Å². The van der Waals surface area contributed by atoms with Gasteiger partial charge in [-0.25, -0.2) is 0 Å². The summed E-state index contributed by atoms with van der Waals surface area (Å²) in [6, 6.07) is 0.448. The molecule has 1 saturated heterocycles. The van der Waals surface area contributed by atoms with E-state index in [1.54, 1.807) is 7.11 Å². The fraction of sp³-hybridized carbons (Fsp3) is 1.00. The van der Waals surface area contributed by atoms with Crippen molar-refractivity contribution < 1.29 is 14.2 Å². The summed E-state index contributed by atoms with van der Waals surface area (Å²) in [6.07, 6.45) is 3.13. The molecule has 0 radical (unpaired) electrons. The van der Waals surface area contributed by atoms with E-state index in [1.165, 1.54) is 6.42 Å². The summed E-state index contributed by atoms with van der Waals surface area (Å²) in [5, 5.41) is 3.60. The number of hydrogen-bond acceptors (Lipinski definition) is 4. The van der Waals surface area contributed by atoms with E-state index >= 15 is 0 Å². The van der Waals surface area contributed by atoms with Gasteiger partial charge in [-0.15, -0.1) is 0 Å². The van der Waals surface area contributed by atoms with Gasteiger partial charge in [-0.05, 0) is 32.6 Å². The van der Waals surface area contributed by atoms with Crippen LogP contribution >= 0.6 is 0 Å². The monoisotopic (exact) mass is 243 g/mol. The van der Waals surface area contributed by atoms with E-state index in [1.807, 2.05) is 6.92 Å². The quantitative estimate of drug-likeness (QED) is 0.761. The van der Waals surface area contributed by atoms with Gasteiger partial charge in [-0.1, -0.05) is 0 Å². The molecule has 5 unspecified atom stereocenters. The van der Waals surface area contributed by atoms with Crippen molar-refractivity contribution in [2.24, 2.45) is 5.92 Å². The van der Waals surface area contributed by atoms with Crippen LogP contribution in [0.1, 0.15) is 26.7 Å². The van der Waals surface area contributed by atoms with Gasteiger partial charge in [0.15, 0.2) is 0 Å². The van der Waals surface area contributed by atoms with Gasteiger partial charge in [0.1, 0.15) is 0 Å². The van der Waals surface area contributed by atoms with Crippen molar-refractivity contribution in [1.29, 1.82) is 0 Å². The Balaban J connectivity index is 1.69. The van der Waals surface area contributed by atoms with Crippen molar-refractivity contribution in [2.45, 2.75) is 51.0 Å². The highest BCUT2D eigenvalue weighted by molar-refractivity contribution is 4.97. The smallest absolute Gasteiger partial charge is 0.0986 e. The van der Waals surface area contributed by atoms with Crippen LogP contribution in [0.4, 0.5) is 0 Å². The molecule has 0 aromatic carbocycles. The predicted molar refractivity (Wildman–Crippen MR) is 66.1 cm³/mol. The van der Waals surface area contributed by atoms with E-state index in [4.69, 9.17) is 14.2 Å². The highest BCUT2D eigenvalue weighted by Crippen LogP contribution is 2.28. The van der Waals surface area contributed by atoms with Crippen LogP contribution in [0, 0.1) is 5.92 Å². The first-order valence-corrected chi connectivity index (χ1v) is 6.75. The second kappa shape index (κ2) is 6.14. The van der Waals surface area contributed by atoms with E-state index in [0.29, 0.717) is 18.1 Å². The lowest BCUT2D eigenvalue weighted by Crippen LogP contribution is -2.60. The molecule has 2 rings (SSSR count). The van der Waals surface area contributed by atoms with E-state index in [0.717, 1.165) is 26.2 Å². The first-order valence-electron chi connectivity index (χ1n) is 6.75. The molecular weight excluding hydrogens is 218 g/mol. The van der Waals surface area contributed by atoms with Gasteiger partial charge in [0.2, 0.25) is 0 Å². The number of ether oxygens (including phenoxy) is 3. The van der Waals surface area contributed by atoms with Gasteiger partial charge in [-0.3, -0.25) is 0 Å². The zero-order valence-corrected chi connectivity index (χ0v) is 11.1. The van der Waals surface area contributed by atoms with Crippen LogP contribution in [0.2, 0.25) is 0 Å². The average Bonchev–Trinajstić information content (AvgIpc) is 2.69. The van der Waals surface area contributed by atoms with Crippen molar-refractivity contribution in [3.05, 3.63) is 0 Å². The van der Waals surface area contributed by atoms with E-state index in [-0.39, 0.29) is 12.2 Å². The van der Waals surface area contributed by atoms with Crippen molar-refractivity contribution in [3.8, 4) is 0 Å². The van der Waals surface area contributed by atoms with Gasteiger partial charge < -0.3 is 19.5 Å². The second-order valence-corrected chi connectivity index (χ2v) is 5.07. The topological polar surface area (TPSA) is 39.7 Å². The molecule has 2 aliphatic rings. The molecule has 0 amide bonds. The Morgan fingerprint density at radius 1 is 1.41 bits per heavy atom. The number of methoxy groups -OCH3 is 1. The summed E-state index contributed by atoms with van der Waals surface area (Å²) in [7, 11) is 1.77. The molecule has 4 heteroatoms. The predicted octanol–water partition coefficient (Wildman–Crippen LogP) is 1.19. The lowest BCUT2D eigenvalue weighted by molar-refractivity contribution is -0.131. The number of nitrogens with one attached hydrogen (secondary N) is 1. The Labute approximate surface area is 104 Å². The maximum Gasteiger partial charge on any atom is 0.0986 e. The van der Waals surface area contributed by atoms with Gasteiger partial charge in [-0.2, -0.15) is 0 Å². The van der Waals surface area contributed by atoms with Gasteiger partial charge in [0.05, 0.1) is 18.3 Å². The highest BCUT2D eigenvalue weighted by Gasteiger charge is 2.42. The van der Waals surface area contributed by atoms with Crippen LogP contribution in [0.15, 0.2) is 0 Å². The number of rotatable bonds is 6. The van der Waals surface area contributed by atoms with Crippen LogP contribution in [-0.2, 0) is 14.2 Å². The average molecular weight is 243 g/mol. The third-order valence-corrected chi connectivity index (χ3v) is 4.08. The maximum atomic E-state index is 5.61. The van der Waals surface area contributed by atoms with Crippen molar-refractivity contribution in [3.63, 3.8) is 0 Å². The molecule has 17 heavy (non-hydrogen) atoms. The number of hydrogen-bond donors (Lipinski definition) is 1. The first-order chi connectivity index (χ1) is 8.26. The summed E-state index contributed by atoms with van der Waals surface area (Å²) < 4.78 is 16.7. The van der Waals surface area contributed by atoms with Crippen molar-refractivity contribution >= 4 is 0 Å². The molecule has 1 heterocycles. The molecule has 0 spiro atoms. The maximum absolute atomic E-state index is 5.61.